The number of carbonyl (C=O) groups excluding carboxylic acids is 1. The van der Waals surface area contributed by atoms with Gasteiger partial charge in [-0.25, -0.2) is 9.78 Å². The molecule has 1 atom stereocenters. The maximum atomic E-state index is 12.9. The summed E-state index contributed by atoms with van der Waals surface area (Å²) in [7, 11) is 0. The topological polar surface area (TPSA) is 92.9 Å². The van der Waals surface area contributed by atoms with Crippen molar-refractivity contribution in [2.75, 3.05) is 6.54 Å². The van der Waals surface area contributed by atoms with Gasteiger partial charge in [0.25, 0.3) is 5.91 Å². The van der Waals surface area contributed by atoms with Crippen LogP contribution in [-0.4, -0.2) is 38.5 Å². The summed E-state index contributed by atoms with van der Waals surface area (Å²) in [6.45, 7) is 15.8. The third kappa shape index (κ3) is 6.03. The van der Waals surface area contributed by atoms with E-state index in [1.54, 1.807) is 22.7 Å². The second-order valence-corrected chi connectivity index (χ2v) is 11.5. The zero-order valence-electron chi connectivity index (χ0n) is 21.6. The van der Waals surface area contributed by atoms with E-state index in [0.717, 1.165) is 11.1 Å². The number of hydrogen-bond acceptors (Lipinski definition) is 4. The number of fused-ring (bicyclic) bond motifs is 1. The van der Waals surface area contributed by atoms with E-state index in [4.69, 9.17) is 16.3 Å². The maximum absolute atomic E-state index is 12.9. The third-order valence-corrected chi connectivity index (χ3v) is 5.79. The number of benzene rings is 1. The van der Waals surface area contributed by atoms with E-state index in [9.17, 15) is 14.7 Å². The Bertz CT molecular complexity index is 1270. The Morgan fingerprint density at radius 1 is 1.11 bits per heavy atom. The summed E-state index contributed by atoms with van der Waals surface area (Å²) in [6, 6.07) is 7.22. The van der Waals surface area contributed by atoms with Crippen LogP contribution in [0.15, 0.2) is 30.5 Å². The lowest BCUT2D eigenvalue weighted by Crippen LogP contribution is -2.32. The van der Waals surface area contributed by atoms with Crippen molar-refractivity contribution in [3.63, 3.8) is 0 Å². The van der Waals surface area contributed by atoms with E-state index < -0.39 is 17.7 Å². The minimum absolute atomic E-state index is 0.0748. The van der Waals surface area contributed by atoms with Gasteiger partial charge in [-0.15, -0.1) is 0 Å². The molecule has 35 heavy (non-hydrogen) atoms. The fraction of sp³-hybridized carbons (Fsp3) is 0.444. The van der Waals surface area contributed by atoms with Crippen molar-refractivity contribution < 1.29 is 19.4 Å². The maximum Gasteiger partial charge on any atom is 0.337 e. The van der Waals surface area contributed by atoms with Crippen molar-refractivity contribution in [1.29, 1.82) is 0 Å². The van der Waals surface area contributed by atoms with Crippen molar-refractivity contribution in [1.82, 2.24) is 14.7 Å². The fourth-order valence-electron chi connectivity index (χ4n) is 3.97. The first-order chi connectivity index (χ1) is 16.1. The Kier molecular flexibility index (Phi) is 7.34. The highest BCUT2D eigenvalue weighted by Gasteiger charge is 2.33. The minimum atomic E-state index is -1.23. The molecule has 0 aliphatic carbocycles. The van der Waals surface area contributed by atoms with Crippen molar-refractivity contribution >= 4 is 29.1 Å². The van der Waals surface area contributed by atoms with Crippen LogP contribution in [0.1, 0.15) is 75.0 Å². The predicted molar refractivity (Wildman–Crippen MR) is 138 cm³/mol. The molecule has 0 radical (unpaired) electrons. The second-order valence-electron chi connectivity index (χ2n) is 11.0. The first-order valence-electron chi connectivity index (χ1n) is 11.6. The molecule has 1 aromatic carbocycles. The van der Waals surface area contributed by atoms with Gasteiger partial charge in [0.1, 0.15) is 11.3 Å². The molecule has 3 rings (SSSR count). The summed E-state index contributed by atoms with van der Waals surface area (Å²) in [6.07, 6.45) is 0.421. The molecule has 0 aliphatic rings. The number of pyridine rings is 1. The molecule has 2 aromatic heterocycles. The highest BCUT2D eigenvalue weighted by molar-refractivity contribution is 6.30. The summed E-state index contributed by atoms with van der Waals surface area (Å²) in [5.74, 6) is -1.38. The van der Waals surface area contributed by atoms with Crippen LogP contribution in [0.25, 0.3) is 16.8 Å². The van der Waals surface area contributed by atoms with Gasteiger partial charge < -0.3 is 19.6 Å². The van der Waals surface area contributed by atoms with Crippen molar-refractivity contribution in [3.8, 4) is 11.1 Å². The number of rotatable bonds is 6. The number of nitrogens with one attached hydrogen (secondary N) is 1. The molecule has 0 saturated carbocycles. The molecular formula is C27H34ClN3O4. The molecule has 188 valence electrons. The van der Waals surface area contributed by atoms with Gasteiger partial charge in [-0.3, -0.25) is 4.79 Å². The molecule has 0 fully saturated rings. The average Bonchev–Trinajstić information content (AvgIpc) is 3.19. The molecule has 0 saturated heterocycles. The van der Waals surface area contributed by atoms with Crippen LogP contribution in [0.2, 0.25) is 5.02 Å². The summed E-state index contributed by atoms with van der Waals surface area (Å²) in [4.78, 5) is 30.0. The van der Waals surface area contributed by atoms with Gasteiger partial charge in [0.05, 0.1) is 5.60 Å². The van der Waals surface area contributed by atoms with Crippen LogP contribution in [0, 0.1) is 19.3 Å². The number of aromatic nitrogens is 2. The van der Waals surface area contributed by atoms with Crippen molar-refractivity contribution in [2.45, 2.75) is 67.1 Å². The summed E-state index contributed by atoms with van der Waals surface area (Å²) in [5.41, 5.74) is 3.45. The highest BCUT2D eigenvalue weighted by atomic mass is 35.5. The van der Waals surface area contributed by atoms with Crippen molar-refractivity contribution in [2.24, 2.45) is 5.41 Å². The molecule has 8 heteroatoms. The van der Waals surface area contributed by atoms with Crippen LogP contribution < -0.4 is 5.32 Å². The smallest absolute Gasteiger partial charge is 0.337 e. The fourth-order valence-corrected chi connectivity index (χ4v) is 4.09. The number of halogens is 1. The van der Waals surface area contributed by atoms with Gasteiger partial charge in [-0.1, -0.05) is 44.5 Å². The average molecular weight is 500 g/mol. The molecule has 1 amide bonds. The van der Waals surface area contributed by atoms with Crippen LogP contribution in [0.4, 0.5) is 0 Å². The van der Waals surface area contributed by atoms with Crippen molar-refractivity contribution in [3.05, 3.63) is 58.0 Å². The monoisotopic (exact) mass is 499 g/mol. The second kappa shape index (κ2) is 9.63. The summed E-state index contributed by atoms with van der Waals surface area (Å²) < 4.78 is 7.82. The van der Waals surface area contributed by atoms with E-state index in [2.05, 4.69) is 10.3 Å². The Morgan fingerprint density at radius 3 is 2.23 bits per heavy atom. The molecular weight excluding hydrogens is 466 g/mol. The van der Waals surface area contributed by atoms with E-state index in [-0.39, 0.29) is 17.0 Å². The number of aryl methyl sites for hydroxylation is 2. The number of aliphatic carboxylic acids is 1. The largest absolute Gasteiger partial charge is 0.479 e. The lowest BCUT2D eigenvalue weighted by molar-refractivity contribution is -0.160. The molecule has 7 nitrogen and oxygen atoms in total. The van der Waals surface area contributed by atoms with Crippen LogP contribution in [0.5, 0.6) is 0 Å². The lowest BCUT2D eigenvalue weighted by atomic mass is 9.91. The highest BCUT2D eigenvalue weighted by Crippen LogP contribution is 2.39. The molecule has 2 N–H and O–H groups in total. The quantitative estimate of drug-likeness (QED) is 0.434. The Labute approximate surface area is 211 Å². The number of carboxylic acid groups (broad SMARTS) is 1. The number of imidazole rings is 1. The van der Waals surface area contributed by atoms with Gasteiger partial charge in [0, 0.05) is 34.6 Å². The normalized spacial score (nSPS) is 13.2. The lowest BCUT2D eigenvalue weighted by Gasteiger charge is -2.29. The van der Waals surface area contributed by atoms with Gasteiger partial charge in [-0.05, 0) is 63.3 Å². The van der Waals surface area contributed by atoms with E-state index in [0.29, 0.717) is 34.0 Å². The van der Waals surface area contributed by atoms with Crippen LogP contribution in [0.3, 0.4) is 0 Å². The zero-order valence-corrected chi connectivity index (χ0v) is 22.4. The van der Waals surface area contributed by atoms with Gasteiger partial charge in [0.15, 0.2) is 6.10 Å². The first kappa shape index (κ1) is 26.7. The van der Waals surface area contributed by atoms with E-state index in [1.807, 2.05) is 67.5 Å². The summed E-state index contributed by atoms with van der Waals surface area (Å²) in [5, 5.41) is 13.7. The molecule has 3 aromatic rings. The molecule has 2 heterocycles. The van der Waals surface area contributed by atoms with Crippen LogP contribution in [-0.2, 0) is 9.53 Å². The first-order valence-corrected chi connectivity index (χ1v) is 11.9. The Balaban J connectivity index is 2.29. The molecule has 0 aliphatic heterocycles. The standard InChI is InChI=1S/C27H34ClN3O4/c1-15-20(17-9-11-18(28)12-10-17)21(22(25(33)34)35-27(6,7)8)16(2)31-13-19(30-23(15)31)24(32)29-14-26(3,4)5/h9-13,22H,14H2,1-8H3,(H,29,32)(H,33,34). The Hall–Kier alpha value is -2.90. The minimum Gasteiger partial charge on any atom is -0.479 e. The number of carbonyl (C=O) groups is 2. The predicted octanol–water partition coefficient (Wildman–Crippen LogP) is 5.99. The number of carboxylic acids is 1. The van der Waals surface area contributed by atoms with Gasteiger partial charge in [0.2, 0.25) is 0 Å². The van der Waals surface area contributed by atoms with Gasteiger partial charge >= 0.3 is 5.97 Å². The van der Waals surface area contributed by atoms with E-state index in [1.165, 1.54) is 0 Å². The number of hydrogen-bond donors (Lipinski definition) is 2. The van der Waals surface area contributed by atoms with E-state index >= 15 is 0 Å². The third-order valence-electron chi connectivity index (χ3n) is 5.54. The number of ether oxygens (including phenoxy) is 1. The van der Waals surface area contributed by atoms with Crippen LogP contribution >= 0.6 is 11.6 Å². The summed E-state index contributed by atoms with van der Waals surface area (Å²) >= 11 is 6.13. The number of nitrogens with zero attached hydrogens (tertiary/aromatic N) is 2. The van der Waals surface area contributed by atoms with Gasteiger partial charge in [-0.2, -0.15) is 0 Å². The molecule has 1 unspecified atom stereocenters. The SMILES string of the molecule is Cc1c(-c2ccc(Cl)cc2)c(C(OC(C)(C)C)C(=O)O)c(C)n2cc(C(=O)NCC(C)(C)C)nc12. The molecule has 0 spiro atoms. The molecule has 0 bridgehead atoms. The number of amides is 1. The Morgan fingerprint density at radius 2 is 1.71 bits per heavy atom. The zero-order chi connectivity index (χ0) is 26.3.